The molecule has 2 aromatic rings. The van der Waals surface area contributed by atoms with Crippen LogP contribution in [0.4, 0.5) is 4.39 Å². The Morgan fingerprint density at radius 3 is 2.48 bits per heavy atom. The third-order valence-corrected chi connectivity index (χ3v) is 7.64. The van der Waals surface area contributed by atoms with E-state index in [1.54, 1.807) is 0 Å². The fraction of sp³-hybridized carbons (Fsp3) is 0.409. The monoisotopic (exact) mass is 448 g/mol. The molecule has 1 unspecified atom stereocenters. The summed E-state index contributed by atoms with van der Waals surface area (Å²) in [5.74, 6) is 0.168. The summed E-state index contributed by atoms with van der Waals surface area (Å²) >= 11 is 0. The minimum atomic E-state index is -3.92. The summed E-state index contributed by atoms with van der Waals surface area (Å²) < 4.78 is 51.8. The first-order chi connectivity index (χ1) is 14.9. The minimum absolute atomic E-state index is 0.120. The lowest BCUT2D eigenvalue weighted by Gasteiger charge is -2.31. The minimum Gasteiger partial charge on any atom is -0.486 e. The summed E-state index contributed by atoms with van der Waals surface area (Å²) in [5, 5.41) is 3.00. The number of piperidine rings is 1. The van der Waals surface area contributed by atoms with Gasteiger partial charge in [-0.3, -0.25) is 4.79 Å². The summed E-state index contributed by atoms with van der Waals surface area (Å²) in [7, 11) is -3.92. The molecule has 0 spiro atoms. The standard InChI is InChI=1S/C22H25FN2O5S/c1-15(17-6-7-19-20(14-17)30-13-12-29-19)24-22(26)16-8-10-25(11-9-16)31(27,28)21-5-3-2-4-18(21)23/h2-7,14-16H,8-13H2,1H3,(H,24,26). The van der Waals surface area contributed by atoms with Crippen LogP contribution in [0.3, 0.4) is 0 Å². The van der Waals surface area contributed by atoms with E-state index < -0.39 is 15.8 Å². The Kier molecular flexibility index (Phi) is 6.15. The number of fused-ring (bicyclic) bond motifs is 1. The summed E-state index contributed by atoms with van der Waals surface area (Å²) in [4.78, 5) is 12.4. The van der Waals surface area contributed by atoms with E-state index in [1.807, 2.05) is 25.1 Å². The number of ether oxygens (including phenoxy) is 2. The molecular weight excluding hydrogens is 423 g/mol. The fourth-order valence-corrected chi connectivity index (χ4v) is 5.43. The summed E-state index contributed by atoms with van der Waals surface area (Å²) in [6, 6.07) is 10.7. The molecule has 4 rings (SSSR count). The first-order valence-electron chi connectivity index (χ1n) is 10.3. The van der Waals surface area contributed by atoms with Crippen LogP contribution in [-0.4, -0.2) is 44.9 Å². The van der Waals surface area contributed by atoms with Gasteiger partial charge in [0.05, 0.1) is 6.04 Å². The van der Waals surface area contributed by atoms with Gasteiger partial charge in [0.15, 0.2) is 11.5 Å². The van der Waals surface area contributed by atoms with Gasteiger partial charge in [-0.25, -0.2) is 12.8 Å². The Hall–Kier alpha value is -2.65. The fourth-order valence-electron chi connectivity index (χ4n) is 3.90. The number of nitrogens with zero attached hydrogens (tertiary/aromatic N) is 1. The summed E-state index contributed by atoms with van der Waals surface area (Å²) in [6.07, 6.45) is 0.765. The highest BCUT2D eigenvalue weighted by molar-refractivity contribution is 7.89. The molecule has 2 aliphatic rings. The highest BCUT2D eigenvalue weighted by Crippen LogP contribution is 2.33. The second-order valence-electron chi connectivity index (χ2n) is 7.74. The lowest BCUT2D eigenvalue weighted by molar-refractivity contribution is -0.126. The number of sulfonamides is 1. The maximum absolute atomic E-state index is 14.0. The van der Waals surface area contributed by atoms with E-state index in [4.69, 9.17) is 9.47 Å². The van der Waals surface area contributed by atoms with Crippen molar-refractivity contribution in [1.29, 1.82) is 0 Å². The van der Waals surface area contributed by atoms with Gasteiger partial charge in [0.1, 0.15) is 23.9 Å². The van der Waals surface area contributed by atoms with Crippen LogP contribution in [0.5, 0.6) is 11.5 Å². The van der Waals surface area contributed by atoms with Crippen molar-refractivity contribution < 1.29 is 27.1 Å². The molecule has 1 fully saturated rings. The SMILES string of the molecule is CC(NC(=O)C1CCN(S(=O)(=O)c2ccccc2F)CC1)c1ccc2c(c1)OCCO2. The lowest BCUT2D eigenvalue weighted by atomic mass is 9.96. The zero-order chi connectivity index (χ0) is 22.0. The second-order valence-corrected chi connectivity index (χ2v) is 9.65. The van der Waals surface area contributed by atoms with Crippen LogP contribution in [0.1, 0.15) is 31.4 Å². The normalized spacial score (nSPS) is 18.4. The highest BCUT2D eigenvalue weighted by Gasteiger charge is 2.33. The summed E-state index contributed by atoms with van der Waals surface area (Å²) in [6.45, 7) is 3.25. The predicted molar refractivity (Wildman–Crippen MR) is 112 cm³/mol. The van der Waals surface area contributed by atoms with Crippen LogP contribution >= 0.6 is 0 Å². The van der Waals surface area contributed by atoms with Crippen molar-refractivity contribution in [1.82, 2.24) is 9.62 Å². The van der Waals surface area contributed by atoms with Gasteiger partial charge in [-0.1, -0.05) is 18.2 Å². The summed E-state index contributed by atoms with van der Waals surface area (Å²) in [5.41, 5.74) is 0.900. The van der Waals surface area contributed by atoms with Gasteiger partial charge >= 0.3 is 0 Å². The van der Waals surface area contributed by atoms with Crippen LogP contribution in [0.25, 0.3) is 0 Å². The van der Waals surface area contributed by atoms with Gasteiger partial charge in [0, 0.05) is 19.0 Å². The first kappa shape index (κ1) is 21.6. The van der Waals surface area contributed by atoms with Crippen molar-refractivity contribution in [3.63, 3.8) is 0 Å². The van der Waals surface area contributed by atoms with E-state index in [0.717, 1.165) is 11.6 Å². The Labute approximate surface area is 181 Å². The van der Waals surface area contributed by atoms with Crippen LogP contribution in [0, 0.1) is 11.7 Å². The third-order valence-electron chi connectivity index (χ3n) is 5.70. The molecule has 31 heavy (non-hydrogen) atoms. The Morgan fingerprint density at radius 1 is 1.10 bits per heavy atom. The molecule has 0 saturated carbocycles. The molecule has 2 aliphatic heterocycles. The molecule has 166 valence electrons. The van der Waals surface area contributed by atoms with Gasteiger partial charge in [-0.2, -0.15) is 4.31 Å². The number of halogens is 1. The largest absolute Gasteiger partial charge is 0.486 e. The van der Waals surface area contributed by atoms with Crippen LogP contribution < -0.4 is 14.8 Å². The van der Waals surface area contributed by atoms with Crippen LogP contribution in [-0.2, 0) is 14.8 Å². The Bertz CT molecular complexity index is 1070. The van der Waals surface area contributed by atoms with Crippen molar-refractivity contribution >= 4 is 15.9 Å². The second kappa shape index (κ2) is 8.84. The van der Waals surface area contributed by atoms with Crippen molar-refractivity contribution in [2.24, 2.45) is 5.92 Å². The number of hydrogen-bond donors (Lipinski definition) is 1. The molecule has 1 saturated heterocycles. The molecule has 2 aromatic carbocycles. The van der Waals surface area contributed by atoms with Gasteiger partial charge in [0.25, 0.3) is 0 Å². The molecular formula is C22H25FN2O5S. The van der Waals surface area contributed by atoms with Gasteiger partial charge in [0.2, 0.25) is 15.9 Å². The van der Waals surface area contributed by atoms with E-state index in [2.05, 4.69) is 5.32 Å². The quantitative estimate of drug-likeness (QED) is 0.760. The average molecular weight is 449 g/mol. The van der Waals surface area contributed by atoms with Gasteiger partial charge in [-0.05, 0) is 49.6 Å². The molecule has 0 radical (unpaired) electrons. The maximum Gasteiger partial charge on any atom is 0.245 e. The van der Waals surface area contributed by atoms with Crippen molar-refractivity contribution in [2.75, 3.05) is 26.3 Å². The molecule has 0 aliphatic carbocycles. The Balaban J connectivity index is 1.36. The third kappa shape index (κ3) is 4.52. The van der Waals surface area contributed by atoms with E-state index in [9.17, 15) is 17.6 Å². The van der Waals surface area contributed by atoms with Gasteiger partial charge in [-0.15, -0.1) is 0 Å². The Morgan fingerprint density at radius 2 is 1.77 bits per heavy atom. The van der Waals surface area contributed by atoms with E-state index in [-0.39, 0.29) is 35.9 Å². The number of carbonyl (C=O) groups is 1. The zero-order valence-corrected chi connectivity index (χ0v) is 18.0. The van der Waals surface area contributed by atoms with Crippen molar-refractivity contribution in [3.05, 3.63) is 53.8 Å². The van der Waals surface area contributed by atoms with Crippen LogP contribution in [0.15, 0.2) is 47.4 Å². The topological polar surface area (TPSA) is 84.9 Å². The number of amides is 1. The molecule has 1 amide bonds. The molecule has 1 atom stereocenters. The first-order valence-corrected chi connectivity index (χ1v) is 11.7. The zero-order valence-electron chi connectivity index (χ0n) is 17.2. The molecule has 0 bridgehead atoms. The predicted octanol–water partition coefficient (Wildman–Crippen LogP) is 2.88. The number of rotatable bonds is 5. The van der Waals surface area contributed by atoms with Crippen molar-refractivity contribution in [2.45, 2.75) is 30.7 Å². The molecule has 1 N–H and O–H groups in total. The molecule has 2 heterocycles. The lowest BCUT2D eigenvalue weighted by Crippen LogP contribution is -2.43. The number of carbonyl (C=O) groups excluding carboxylic acids is 1. The number of benzene rings is 2. The van der Waals surface area contributed by atoms with E-state index >= 15 is 0 Å². The maximum atomic E-state index is 14.0. The van der Waals surface area contributed by atoms with Crippen molar-refractivity contribution in [3.8, 4) is 11.5 Å². The molecule has 7 nitrogen and oxygen atoms in total. The number of hydrogen-bond acceptors (Lipinski definition) is 5. The average Bonchev–Trinajstić information content (AvgIpc) is 2.79. The van der Waals surface area contributed by atoms with E-state index in [1.165, 1.54) is 22.5 Å². The van der Waals surface area contributed by atoms with E-state index in [0.29, 0.717) is 37.6 Å². The smallest absolute Gasteiger partial charge is 0.245 e. The molecule has 0 aromatic heterocycles. The van der Waals surface area contributed by atoms with Gasteiger partial charge < -0.3 is 14.8 Å². The number of nitrogens with one attached hydrogen (secondary N) is 1. The molecule has 9 heteroatoms. The van der Waals surface area contributed by atoms with Crippen LogP contribution in [0.2, 0.25) is 0 Å². The highest BCUT2D eigenvalue weighted by atomic mass is 32.2.